The number of hydrogen-bond donors (Lipinski definition) is 0. The van der Waals surface area contributed by atoms with Crippen LogP contribution < -0.4 is 9.47 Å². The van der Waals surface area contributed by atoms with E-state index in [-0.39, 0.29) is 9.79 Å². The number of aryl methyl sites for hydroxylation is 1. The second-order valence-electron chi connectivity index (χ2n) is 8.06. The van der Waals surface area contributed by atoms with Gasteiger partial charge in [0.1, 0.15) is 17.2 Å². The van der Waals surface area contributed by atoms with Crippen molar-refractivity contribution in [2.45, 2.75) is 16.7 Å². The van der Waals surface area contributed by atoms with Gasteiger partial charge in [-0.3, -0.25) is 0 Å². The van der Waals surface area contributed by atoms with E-state index in [1.807, 2.05) is 43.3 Å². The van der Waals surface area contributed by atoms with Crippen LogP contribution in [-0.4, -0.2) is 25.7 Å². The lowest BCUT2D eigenvalue weighted by atomic mass is 10.1. The third kappa shape index (κ3) is 4.85. The Bertz CT molecular complexity index is 1570. The number of aromatic nitrogens is 2. The molecule has 1 heterocycles. The highest BCUT2D eigenvalue weighted by Crippen LogP contribution is 2.29. The van der Waals surface area contributed by atoms with Crippen molar-refractivity contribution in [3.8, 4) is 40.2 Å². The van der Waals surface area contributed by atoms with Gasteiger partial charge in [0, 0.05) is 11.1 Å². The van der Waals surface area contributed by atoms with Crippen LogP contribution in [0.5, 0.6) is 17.2 Å². The number of sulfone groups is 1. The number of benzene rings is 4. The maximum absolute atomic E-state index is 12.9. The van der Waals surface area contributed by atoms with Gasteiger partial charge in [-0.05, 0) is 91.9 Å². The van der Waals surface area contributed by atoms with Crippen molar-refractivity contribution in [1.29, 1.82) is 0 Å². The Morgan fingerprint density at radius 2 is 1.03 bits per heavy atom. The highest BCUT2D eigenvalue weighted by atomic mass is 32.2. The molecular weight excluding hydrogens is 476 g/mol. The van der Waals surface area contributed by atoms with Crippen molar-refractivity contribution in [3.05, 3.63) is 103 Å². The minimum Gasteiger partial charge on any atom is -0.497 e. The second kappa shape index (κ2) is 9.67. The predicted molar refractivity (Wildman–Crippen MR) is 135 cm³/mol. The van der Waals surface area contributed by atoms with E-state index in [0.717, 1.165) is 16.7 Å². The number of nitrogens with zero attached hydrogens (tertiary/aromatic N) is 2. The molecule has 0 radical (unpaired) electrons. The van der Waals surface area contributed by atoms with Gasteiger partial charge in [-0.15, -0.1) is 10.2 Å². The fourth-order valence-electron chi connectivity index (χ4n) is 3.53. The molecule has 0 amide bonds. The molecule has 0 saturated carbocycles. The van der Waals surface area contributed by atoms with Crippen LogP contribution in [0, 0.1) is 6.92 Å². The van der Waals surface area contributed by atoms with Gasteiger partial charge in [-0.1, -0.05) is 17.7 Å². The van der Waals surface area contributed by atoms with Crippen LogP contribution in [0.3, 0.4) is 0 Å². The van der Waals surface area contributed by atoms with E-state index in [0.29, 0.717) is 29.0 Å². The summed E-state index contributed by atoms with van der Waals surface area (Å²) in [5.74, 6) is 2.55. The minimum absolute atomic E-state index is 0.177. The van der Waals surface area contributed by atoms with Gasteiger partial charge in [0.2, 0.25) is 21.6 Å². The second-order valence-corrected chi connectivity index (χ2v) is 10.0. The van der Waals surface area contributed by atoms with E-state index < -0.39 is 9.84 Å². The molecule has 0 unspecified atom stereocenters. The third-order valence-electron chi connectivity index (χ3n) is 5.56. The molecule has 0 bridgehead atoms. The van der Waals surface area contributed by atoms with Crippen molar-refractivity contribution in [3.63, 3.8) is 0 Å². The first-order valence-corrected chi connectivity index (χ1v) is 12.6. The third-order valence-corrected chi connectivity index (χ3v) is 7.35. The Kier molecular flexibility index (Phi) is 6.26. The molecule has 5 aromatic rings. The van der Waals surface area contributed by atoms with Crippen LogP contribution in [0.4, 0.5) is 0 Å². The fraction of sp³-hybridized carbons (Fsp3) is 0.0714. The summed E-state index contributed by atoms with van der Waals surface area (Å²) in [6.07, 6.45) is 0. The first-order chi connectivity index (χ1) is 17.4. The van der Waals surface area contributed by atoms with Crippen LogP contribution >= 0.6 is 0 Å². The van der Waals surface area contributed by atoms with Gasteiger partial charge in [0.05, 0.1) is 16.9 Å². The first-order valence-electron chi connectivity index (χ1n) is 11.1. The molecule has 0 saturated heterocycles. The summed E-state index contributed by atoms with van der Waals surface area (Å²) in [6, 6.07) is 27.6. The summed E-state index contributed by atoms with van der Waals surface area (Å²) < 4.78 is 42.6. The Labute approximate surface area is 208 Å². The van der Waals surface area contributed by atoms with Gasteiger partial charge >= 0.3 is 0 Å². The number of ether oxygens (including phenoxy) is 2. The predicted octanol–water partition coefficient (Wildman–Crippen LogP) is 6.35. The molecule has 0 aliphatic rings. The Morgan fingerprint density at radius 1 is 0.611 bits per heavy atom. The maximum atomic E-state index is 12.9. The highest BCUT2D eigenvalue weighted by molar-refractivity contribution is 7.91. The summed E-state index contributed by atoms with van der Waals surface area (Å²) in [5.41, 5.74) is 2.77. The summed E-state index contributed by atoms with van der Waals surface area (Å²) in [6.45, 7) is 2.02. The van der Waals surface area contributed by atoms with E-state index in [1.165, 1.54) is 31.4 Å². The molecule has 0 aliphatic heterocycles. The maximum Gasteiger partial charge on any atom is 0.248 e. The summed E-state index contributed by atoms with van der Waals surface area (Å²) in [7, 11) is -2.11. The average molecular weight is 499 g/mol. The summed E-state index contributed by atoms with van der Waals surface area (Å²) in [4.78, 5) is 0.371. The fourth-order valence-corrected chi connectivity index (χ4v) is 4.79. The summed E-state index contributed by atoms with van der Waals surface area (Å²) in [5, 5.41) is 8.28. The molecule has 4 aromatic carbocycles. The van der Waals surface area contributed by atoms with Crippen LogP contribution in [-0.2, 0) is 9.84 Å². The normalized spacial score (nSPS) is 11.3. The molecule has 0 atom stereocenters. The van der Waals surface area contributed by atoms with Crippen LogP contribution in [0.1, 0.15) is 5.56 Å². The molecule has 5 rings (SSSR count). The monoisotopic (exact) mass is 498 g/mol. The zero-order chi connectivity index (χ0) is 25.1. The van der Waals surface area contributed by atoms with Crippen LogP contribution in [0.2, 0.25) is 0 Å². The smallest absolute Gasteiger partial charge is 0.248 e. The zero-order valence-corrected chi connectivity index (χ0v) is 20.4. The number of hydrogen-bond acceptors (Lipinski definition) is 7. The van der Waals surface area contributed by atoms with Crippen molar-refractivity contribution in [2.75, 3.05) is 7.11 Å². The van der Waals surface area contributed by atoms with Gasteiger partial charge in [-0.2, -0.15) is 0 Å². The minimum atomic E-state index is -3.64. The highest BCUT2D eigenvalue weighted by Gasteiger charge is 2.18. The molecule has 0 N–H and O–H groups in total. The standard InChI is InChI=1S/C28H22N2O5S/c1-19-3-5-20(6-4-19)27-29-30-28(35-27)21-7-9-23(10-8-21)34-24-13-17-26(18-14-24)36(31,32)25-15-11-22(33-2)12-16-25/h3-18H,1-2H3. The zero-order valence-electron chi connectivity index (χ0n) is 19.6. The van der Waals surface area contributed by atoms with Crippen LogP contribution in [0.15, 0.2) is 111 Å². The van der Waals surface area contributed by atoms with E-state index in [9.17, 15) is 8.42 Å². The van der Waals surface area contributed by atoms with Crippen molar-refractivity contribution in [2.24, 2.45) is 0 Å². The summed E-state index contributed by atoms with van der Waals surface area (Å²) >= 11 is 0. The van der Waals surface area contributed by atoms with Gasteiger partial charge in [0.25, 0.3) is 0 Å². The van der Waals surface area contributed by atoms with E-state index in [1.54, 1.807) is 36.4 Å². The Balaban J connectivity index is 1.28. The number of rotatable bonds is 7. The van der Waals surface area contributed by atoms with Gasteiger partial charge in [0.15, 0.2) is 0 Å². The van der Waals surface area contributed by atoms with Crippen molar-refractivity contribution in [1.82, 2.24) is 10.2 Å². The Morgan fingerprint density at radius 3 is 1.50 bits per heavy atom. The molecule has 36 heavy (non-hydrogen) atoms. The molecule has 0 aliphatic carbocycles. The van der Waals surface area contributed by atoms with Crippen molar-refractivity contribution < 1.29 is 22.3 Å². The average Bonchev–Trinajstić information content (AvgIpc) is 3.40. The van der Waals surface area contributed by atoms with Crippen molar-refractivity contribution >= 4 is 9.84 Å². The van der Waals surface area contributed by atoms with Crippen LogP contribution in [0.25, 0.3) is 22.9 Å². The molecular formula is C28H22N2O5S. The lowest BCUT2D eigenvalue weighted by Gasteiger charge is -2.09. The molecule has 180 valence electrons. The molecule has 1 aromatic heterocycles. The SMILES string of the molecule is COc1ccc(S(=O)(=O)c2ccc(Oc3ccc(-c4nnc(-c5ccc(C)cc5)o4)cc3)cc2)cc1. The van der Waals surface area contributed by atoms with Gasteiger partial charge < -0.3 is 13.9 Å². The molecule has 8 heteroatoms. The lowest BCUT2D eigenvalue weighted by Crippen LogP contribution is -2.01. The van der Waals surface area contributed by atoms with E-state index in [4.69, 9.17) is 13.9 Å². The molecule has 0 spiro atoms. The van der Waals surface area contributed by atoms with E-state index >= 15 is 0 Å². The number of methoxy groups -OCH3 is 1. The largest absolute Gasteiger partial charge is 0.497 e. The molecule has 7 nitrogen and oxygen atoms in total. The van der Waals surface area contributed by atoms with E-state index in [2.05, 4.69) is 10.2 Å². The lowest BCUT2D eigenvalue weighted by molar-refractivity contribution is 0.414. The topological polar surface area (TPSA) is 91.5 Å². The quantitative estimate of drug-likeness (QED) is 0.258. The Hall–Kier alpha value is -4.43. The molecule has 0 fully saturated rings. The first kappa shape index (κ1) is 23.3. The van der Waals surface area contributed by atoms with Gasteiger partial charge in [-0.25, -0.2) is 8.42 Å².